The molecule has 3 aromatic rings. The molecule has 0 radical (unpaired) electrons. The summed E-state index contributed by atoms with van der Waals surface area (Å²) in [6, 6.07) is 3.41. The van der Waals surface area contributed by atoms with Gasteiger partial charge in [0.1, 0.15) is 5.58 Å². The van der Waals surface area contributed by atoms with E-state index in [9.17, 15) is 26.8 Å². The highest BCUT2D eigenvalue weighted by Gasteiger charge is 2.20. The molecule has 13 heteroatoms. The molecule has 0 fully saturated rings. The van der Waals surface area contributed by atoms with Crippen LogP contribution < -0.4 is 19.8 Å². The lowest BCUT2D eigenvalue weighted by Gasteiger charge is -2.13. The normalized spacial score (nSPS) is 11.5. The van der Waals surface area contributed by atoms with E-state index >= 15 is 0 Å². The summed E-state index contributed by atoms with van der Waals surface area (Å²) in [5.41, 5.74) is -0.524. The van der Waals surface area contributed by atoms with Crippen molar-refractivity contribution in [2.24, 2.45) is 0 Å². The van der Waals surface area contributed by atoms with Crippen LogP contribution >= 0.6 is 0 Å². The van der Waals surface area contributed by atoms with E-state index in [-0.39, 0.29) is 28.5 Å². The Morgan fingerprint density at radius 1 is 1.27 bits per heavy atom. The first-order chi connectivity index (χ1) is 15.4. The van der Waals surface area contributed by atoms with Gasteiger partial charge in [0, 0.05) is 50.8 Å². The Hall–Kier alpha value is -3.58. The maximum Gasteiger partial charge on any atom is 0.414 e. The number of benzene rings is 1. The summed E-state index contributed by atoms with van der Waals surface area (Å²) >= 11 is 0. The molecule has 1 aromatic carbocycles. The zero-order chi connectivity index (χ0) is 24.5. The van der Waals surface area contributed by atoms with Crippen molar-refractivity contribution >= 4 is 33.1 Å². The van der Waals surface area contributed by atoms with Gasteiger partial charge in [0.05, 0.1) is 0 Å². The minimum atomic E-state index is -4.02. The van der Waals surface area contributed by atoms with Crippen LogP contribution in [0.25, 0.3) is 11.0 Å². The number of halogens is 2. The molecular formula is C20H20F2N4O6S. The van der Waals surface area contributed by atoms with Crippen LogP contribution in [0.1, 0.15) is 16.7 Å². The number of hydrogen-bond acceptors (Lipinski definition) is 7. The molecule has 0 unspecified atom stereocenters. The fourth-order valence-corrected chi connectivity index (χ4v) is 3.42. The van der Waals surface area contributed by atoms with Gasteiger partial charge in [0.2, 0.25) is 0 Å². The van der Waals surface area contributed by atoms with Crippen LogP contribution in [0.4, 0.5) is 19.4 Å². The third kappa shape index (κ3) is 5.09. The molecule has 0 aliphatic rings. The predicted octanol–water partition coefficient (Wildman–Crippen LogP) is 2.30. The molecule has 2 aromatic heterocycles. The van der Waals surface area contributed by atoms with Crippen LogP contribution in [0, 0.1) is 18.6 Å². The second-order valence-corrected chi connectivity index (χ2v) is 8.77. The summed E-state index contributed by atoms with van der Waals surface area (Å²) in [5, 5.41) is 0.220. The Balaban J connectivity index is 2.03. The number of carbonyl (C=O) groups is 1. The summed E-state index contributed by atoms with van der Waals surface area (Å²) in [6.45, 7) is 1.53. The number of nitrogens with zero attached hydrogens (tertiary/aromatic N) is 2. The number of pyridine rings is 1. The molecule has 0 spiro atoms. The van der Waals surface area contributed by atoms with Crippen LogP contribution in [0.15, 0.2) is 33.6 Å². The monoisotopic (exact) mass is 482 g/mol. The standard InChI is InChI=1S/C20H20F2N4O6S/c1-10-12-8-14(21)16(32-20(28)26(3)4)9-15(12)31-19(27)13(10)7-11-5-6-24-18(17(11)22)25-33(29,30)23-2/h5-6,8-9,23H,7H2,1-4H3,(H,24,25). The van der Waals surface area contributed by atoms with Gasteiger partial charge >= 0.3 is 11.7 Å². The van der Waals surface area contributed by atoms with Gasteiger partial charge < -0.3 is 14.1 Å². The van der Waals surface area contributed by atoms with Crippen LogP contribution in [-0.2, 0) is 16.6 Å². The van der Waals surface area contributed by atoms with Crippen LogP contribution in [0.2, 0.25) is 0 Å². The minimum absolute atomic E-state index is 0.0260. The quantitative estimate of drug-likeness (QED) is 0.516. The van der Waals surface area contributed by atoms with Gasteiger partial charge in [-0.25, -0.2) is 28.1 Å². The van der Waals surface area contributed by atoms with Gasteiger partial charge in [-0.2, -0.15) is 8.42 Å². The Bertz CT molecular complexity index is 1410. The average molecular weight is 482 g/mol. The molecule has 10 nitrogen and oxygen atoms in total. The summed E-state index contributed by atoms with van der Waals surface area (Å²) in [5.74, 6) is -2.81. The van der Waals surface area contributed by atoms with Crippen molar-refractivity contribution in [3.8, 4) is 5.75 Å². The lowest BCUT2D eigenvalue weighted by molar-refractivity contribution is 0.170. The molecule has 33 heavy (non-hydrogen) atoms. The van der Waals surface area contributed by atoms with Crippen LogP contribution in [0.3, 0.4) is 0 Å². The lowest BCUT2D eigenvalue weighted by Crippen LogP contribution is -2.27. The highest BCUT2D eigenvalue weighted by molar-refractivity contribution is 7.90. The first kappa shape index (κ1) is 24.1. The summed E-state index contributed by atoms with van der Waals surface area (Å²) in [7, 11) is -0.0339. The third-order valence-electron chi connectivity index (χ3n) is 4.74. The summed E-state index contributed by atoms with van der Waals surface area (Å²) in [4.78, 5) is 29.1. The SMILES string of the molecule is CNS(=O)(=O)Nc1nccc(Cc2c(C)c3cc(F)c(OC(=O)N(C)C)cc3oc2=O)c1F. The van der Waals surface area contributed by atoms with E-state index < -0.39 is 45.1 Å². The van der Waals surface area contributed by atoms with Crippen LogP contribution in [0.5, 0.6) is 5.75 Å². The molecule has 0 aliphatic carbocycles. The lowest BCUT2D eigenvalue weighted by atomic mass is 9.99. The van der Waals surface area contributed by atoms with Gasteiger partial charge in [0.25, 0.3) is 10.2 Å². The number of nitrogens with one attached hydrogen (secondary N) is 2. The van der Waals surface area contributed by atoms with Crippen LogP contribution in [-0.4, -0.2) is 45.5 Å². The Labute approximate surface area is 187 Å². The zero-order valence-electron chi connectivity index (χ0n) is 18.0. The summed E-state index contributed by atoms with van der Waals surface area (Å²) < 4.78 is 66.8. The van der Waals surface area contributed by atoms with Crippen molar-refractivity contribution in [2.45, 2.75) is 13.3 Å². The number of rotatable bonds is 6. The number of amides is 1. The van der Waals surface area contributed by atoms with Crippen molar-refractivity contribution in [2.75, 3.05) is 25.9 Å². The van der Waals surface area contributed by atoms with E-state index in [4.69, 9.17) is 9.15 Å². The number of fused-ring (bicyclic) bond motifs is 1. The molecule has 0 saturated carbocycles. The van der Waals surface area contributed by atoms with E-state index in [1.165, 1.54) is 33.3 Å². The highest BCUT2D eigenvalue weighted by atomic mass is 32.2. The first-order valence-corrected chi connectivity index (χ1v) is 10.9. The van der Waals surface area contributed by atoms with Gasteiger partial charge in [0.15, 0.2) is 23.2 Å². The minimum Gasteiger partial charge on any atom is -0.422 e. The molecule has 176 valence electrons. The Kier molecular flexibility index (Phi) is 6.65. The molecule has 0 aliphatic heterocycles. The number of anilines is 1. The third-order valence-corrected chi connectivity index (χ3v) is 5.74. The van der Waals surface area contributed by atoms with Gasteiger partial charge in [-0.05, 0) is 30.2 Å². The van der Waals surface area contributed by atoms with E-state index in [1.807, 2.05) is 9.44 Å². The number of hydrogen-bond donors (Lipinski definition) is 2. The fourth-order valence-electron chi connectivity index (χ4n) is 2.92. The largest absolute Gasteiger partial charge is 0.422 e. The molecule has 0 atom stereocenters. The van der Waals surface area contributed by atoms with E-state index in [2.05, 4.69) is 4.98 Å². The molecular weight excluding hydrogens is 462 g/mol. The first-order valence-electron chi connectivity index (χ1n) is 9.43. The van der Waals surface area contributed by atoms with Gasteiger partial charge in [-0.15, -0.1) is 0 Å². The van der Waals surface area contributed by atoms with Crippen molar-refractivity contribution in [3.63, 3.8) is 0 Å². The molecule has 3 rings (SSSR count). The van der Waals surface area contributed by atoms with E-state index in [1.54, 1.807) is 0 Å². The number of carbonyl (C=O) groups excluding carboxylic acids is 1. The Morgan fingerprint density at radius 3 is 2.61 bits per heavy atom. The summed E-state index contributed by atoms with van der Waals surface area (Å²) in [6.07, 6.45) is 0.0857. The van der Waals surface area contributed by atoms with Crippen molar-refractivity contribution in [1.29, 1.82) is 0 Å². The fraction of sp³-hybridized carbons (Fsp3) is 0.250. The number of ether oxygens (including phenoxy) is 1. The number of aryl methyl sites for hydroxylation is 1. The molecule has 0 saturated heterocycles. The van der Waals surface area contributed by atoms with E-state index in [0.717, 1.165) is 24.1 Å². The van der Waals surface area contributed by atoms with Crippen molar-refractivity contribution < 1.29 is 31.1 Å². The second-order valence-electron chi connectivity index (χ2n) is 7.15. The smallest absolute Gasteiger partial charge is 0.414 e. The molecule has 0 bridgehead atoms. The Morgan fingerprint density at radius 2 is 1.97 bits per heavy atom. The number of aromatic nitrogens is 1. The maximum atomic E-state index is 14.8. The zero-order valence-corrected chi connectivity index (χ0v) is 18.8. The second kappa shape index (κ2) is 9.11. The van der Waals surface area contributed by atoms with Gasteiger partial charge in [-0.1, -0.05) is 0 Å². The van der Waals surface area contributed by atoms with Crippen molar-refractivity contribution in [1.82, 2.24) is 14.6 Å². The van der Waals surface area contributed by atoms with Gasteiger partial charge in [-0.3, -0.25) is 4.72 Å². The van der Waals surface area contributed by atoms with Crippen molar-refractivity contribution in [3.05, 3.63) is 63.1 Å². The van der Waals surface area contributed by atoms with E-state index in [0.29, 0.717) is 5.56 Å². The maximum absolute atomic E-state index is 14.8. The highest BCUT2D eigenvalue weighted by Crippen LogP contribution is 2.29. The molecule has 2 N–H and O–H groups in total. The topological polar surface area (TPSA) is 131 Å². The molecule has 1 amide bonds. The molecule has 2 heterocycles. The predicted molar refractivity (Wildman–Crippen MR) is 115 cm³/mol. The average Bonchev–Trinajstić information content (AvgIpc) is 2.74.